The van der Waals surface area contributed by atoms with E-state index < -0.39 is 0 Å². The maximum Gasteiger partial charge on any atom is 0.230 e. The van der Waals surface area contributed by atoms with Crippen LogP contribution in [0.2, 0.25) is 0 Å². The van der Waals surface area contributed by atoms with Crippen molar-refractivity contribution < 1.29 is 4.79 Å². The zero-order valence-electron chi connectivity index (χ0n) is 10.0. The Morgan fingerprint density at radius 2 is 2.17 bits per heavy atom. The molecule has 18 heavy (non-hydrogen) atoms. The minimum Gasteiger partial charge on any atom is -0.355 e. The van der Waals surface area contributed by atoms with Gasteiger partial charge in [0.2, 0.25) is 5.91 Å². The predicted octanol–water partition coefficient (Wildman–Crippen LogP) is 1.62. The SMILES string of the molecule is Cl.Cl.NCCCNC(=O)CSCc1ccccn1. The number of carbonyl (C=O) groups excluding carboxylic acids is 1. The maximum absolute atomic E-state index is 11.3. The third-order valence-electron chi connectivity index (χ3n) is 1.91. The second kappa shape index (κ2) is 13.0. The highest BCUT2D eigenvalue weighted by Crippen LogP contribution is 2.08. The summed E-state index contributed by atoms with van der Waals surface area (Å²) in [5, 5.41) is 2.81. The molecule has 0 aliphatic rings. The number of amides is 1. The first-order valence-electron chi connectivity index (χ1n) is 5.27. The lowest BCUT2D eigenvalue weighted by molar-refractivity contribution is -0.118. The highest BCUT2D eigenvalue weighted by Gasteiger charge is 2.01. The fourth-order valence-corrected chi connectivity index (χ4v) is 1.88. The minimum absolute atomic E-state index is 0. The summed E-state index contributed by atoms with van der Waals surface area (Å²) in [5.41, 5.74) is 6.33. The average molecular weight is 312 g/mol. The van der Waals surface area contributed by atoms with Gasteiger partial charge in [0, 0.05) is 18.5 Å². The van der Waals surface area contributed by atoms with E-state index in [-0.39, 0.29) is 30.7 Å². The van der Waals surface area contributed by atoms with Crippen LogP contribution in [-0.2, 0) is 10.5 Å². The average Bonchev–Trinajstić information content (AvgIpc) is 2.31. The number of aromatic nitrogens is 1. The zero-order chi connectivity index (χ0) is 11.6. The summed E-state index contributed by atoms with van der Waals surface area (Å²) in [4.78, 5) is 15.5. The molecule has 1 aromatic heterocycles. The van der Waals surface area contributed by atoms with Crippen molar-refractivity contribution in [2.45, 2.75) is 12.2 Å². The number of rotatable bonds is 7. The summed E-state index contributed by atoms with van der Waals surface area (Å²) < 4.78 is 0. The van der Waals surface area contributed by atoms with Crippen molar-refractivity contribution in [2.24, 2.45) is 5.73 Å². The van der Waals surface area contributed by atoms with Gasteiger partial charge in [-0.15, -0.1) is 36.6 Å². The molecule has 0 atom stereocenters. The van der Waals surface area contributed by atoms with Crippen LogP contribution < -0.4 is 11.1 Å². The summed E-state index contributed by atoms with van der Waals surface area (Å²) >= 11 is 1.57. The highest BCUT2D eigenvalue weighted by atomic mass is 35.5. The summed E-state index contributed by atoms with van der Waals surface area (Å²) in [5.74, 6) is 1.31. The fraction of sp³-hybridized carbons (Fsp3) is 0.455. The van der Waals surface area contributed by atoms with Gasteiger partial charge in [-0.1, -0.05) is 6.07 Å². The van der Waals surface area contributed by atoms with Crippen LogP contribution in [-0.4, -0.2) is 29.7 Å². The lowest BCUT2D eigenvalue weighted by Gasteiger charge is -2.03. The number of nitrogens with one attached hydrogen (secondary N) is 1. The van der Waals surface area contributed by atoms with Crippen LogP contribution in [0.25, 0.3) is 0 Å². The minimum atomic E-state index is 0. The predicted molar refractivity (Wildman–Crippen MR) is 81.6 cm³/mol. The van der Waals surface area contributed by atoms with Gasteiger partial charge in [-0.3, -0.25) is 9.78 Å². The van der Waals surface area contributed by atoms with Crippen LogP contribution in [0.15, 0.2) is 24.4 Å². The van der Waals surface area contributed by atoms with Crippen molar-refractivity contribution in [3.8, 4) is 0 Å². The second-order valence-corrected chi connectivity index (χ2v) is 4.29. The first-order valence-corrected chi connectivity index (χ1v) is 6.43. The van der Waals surface area contributed by atoms with Gasteiger partial charge in [-0.25, -0.2) is 0 Å². The second-order valence-electron chi connectivity index (χ2n) is 3.31. The van der Waals surface area contributed by atoms with Crippen LogP contribution in [0.5, 0.6) is 0 Å². The third kappa shape index (κ3) is 9.53. The number of nitrogens with zero attached hydrogens (tertiary/aromatic N) is 1. The quantitative estimate of drug-likeness (QED) is 0.751. The standard InChI is InChI=1S/C11H17N3OS.2ClH/c12-5-3-7-14-11(15)9-16-8-10-4-1-2-6-13-10;;/h1-2,4,6H,3,5,7-9,12H2,(H,14,15);2*1H. The molecule has 1 amide bonds. The van der Waals surface area contributed by atoms with Crippen molar-refractivity contribution in [3.05, 3.63) is 30.1 Å². The van der Waals surface area contributed by atoms with Crippen molar-refractivity contribution in [1.29, 1.82) is 0 Å². The van der Waals surface area contributed by atoms with E-state index in [1.807, 2.05) is 18.2 Å². The summed E-state index contributed by atoms with van der Waals surface area (Å²) in [6.07, 6.45) is 2.59. The molecule has 0 aliphatic heterocycles. The number of halogens is 2. The van der Waals surface area contributed by atoms with Crippen molar-refractivity contribution >= 4 is 42.5 Å². The van der Waals surface area contributed by atoms with E-state index in [2.05, 4.69) is 10.3 Å². The number of thioether (sulfide) groups is 1. The van der Waals surface area contributed by atoms with Crippen molar-refractivity contribution in [1.82, 2.24) is 10.3 Å². The molecular weight excluding hydrogens is 293 g/mol. The monoisotopic (exact) mass is 311 g/mol. The van der Waals surface area contributed by atoms with E-state index in [1.54, 1.807) is 18.0 Å². The van der Waals surface area contributed by atoms with Gasteiger partial charge in [-0.05, 0) is 25.1 Å². The lowest BCUT2D eigenvalue weighted by Crippen LogP contribution is -2.27. The maximum atomic E-state index is 11.3. The lowest BCUT2D eigenvalue weighted by atomic mass is 10.4. The fourth-order valence-electron chi connectivity index (χ4n) is 1.11. The van der Waals surface area contributed by atoms with E-state index >= 15 is 0 Å². The molecule has 4 nitrogen and oxygen atoms in total. The molecule has 0 spiro atoms. The van der Waals surface area contributed by atoms with Gasteiger partial charge in [0.15, 0.2) is 0 Å². The van der Waals surface area contributed by atoms with E-state index in [0.29, 0.717) is 18.8 Å². The molecular formula is C11H19Cl2N3OS. The third-order valence-corrected chi connectivity index (χ3v) is 2.88. The van der Waals surface area contributed by atoms with Gasteiger partial charge in [0.05, 0.1) is 11.4 Å². The molecule has 3 N–H and O–H groups in total. The van der Waals surface area contributed by atoms with Gasteiger partial charge in [0.25, 0.3) is 0 Å². The highest BCUT2D eigenvalue weighted by molar-refractivity contribution is 7.99. The van der Waals surface area contributed by atoms with E-state index in [4.69, 9.17) is 5.73 Å². The molecule has 1 heterocycles. The Labute approximate surface area is 124 Å². The smallest absolute Gasteiger partial charge is 0.230 e. The number of nitrogens with two attached hydrogens (primary N) is 1. The van der Waals surface area contributed by atoms with Crippen LogP contribution in [0.1, 0.15) is 12.1 Å². The summed E-state index contributed by atoms with van der Waals surface area (Å²) in [7, 11) is 0. The molecule has 0 fully saturated rings. The number of hydrogen-bond donors (Lipinski definition) is 2. The first kappa shape index (κ1) is 19.8. The topological polar surface area (TPSA) is 68.0 Å². The molecule has 0 saturated heterocycles. The van der Waals surface area contributed by atoms with E-state index in [0.717, 1.165) is 17.9 Å². The molecule has 0 aliphatic carbocycles. The van der Waals surface area contributed by atoms with E-state index in [9.17, 15) is 4.79 Å². The molecule has 0 saturated carbocycles. The molecule has 104 valence electrons. The Kier molecular flexibility index (Phi) is 14.3. The van der Waals surface area contributed by atoms with E-state index in [1.165, 1.54) is 0 Å². The Bertz CT molecular complexity index is 314. The molecule has 1 aromatic rings. The van der Waals surface area contributed by atoms with Gasteiger partial charge < -0.3 is 11.1 Å². The van der Waals surface area contributed by atoms with Crippen LogP contribution >= 0.6 is 36.6 Å². The Balaban J connectivity index is 0. The molecule has 0 bridgehead atoms. The Morgan fingerprint density at radius 1 is 1.39 bits per heavy atom. The number of hydrogen-bond acceptors (Lipinski definition) is 4. The van der Waals surface area contributed by atoms with Gasteiger partial charge in [0.1, 0.15) is 0 Å². The molecule has 1 rings (SSSR count). The Morgan fingerprint density at radius 3 is 2.78 bits per heavy atom. The van der Waals surface area contributed by atoms with Crippen LogP contribution in [0, 0.1) is 0 Å². The largest absolute Gasteiger partial charge is 0.355 e. The van der Waals surface area contributed by atoms with Crippen molar-refractivity contribution in [2.75, 3.05) is 18.8 Å². The number of carbonyl (C=O) groups is 1. The first-order chi connectivity index (χ1) is 7.83. The molecule has 0 radical (unpaired) electrons. The van der Waals surface area contributed by atoms with Crippen molar-refractivity contribution in [3.63, 3.8) is 0 Å². The number of pyridine rings is 1. The van der Waals surface area contributed by atoms with Gasteiger partial charge in [-0.2, -0.15) is 0 Å². The van der Waals surface area contributed by atoms with Gasteiger partial charge >= 0.3 is 0 Å². The Hall–Kier alpha value is -0.490. The van der Waals surface area contributed by atoms with Crippen LogP contribution in [0.3, 0.4) is 0 Å². The zero-order valence-corrected chi connectivity index (χ0v) is 12.5. The normalized spacial score (nSPS) is 8.94. The molecule has 7 heteroatoms. The summed E-state index contributed by atoms with van der Waals surface area (Å²) in [6.45, 7) is 1.28. The van der Waals surface area contributed by atoms with Crippen LogP contribution in [0.4, 0.5) is 0 Å². The molecule has 0 aromatic carbocycles. The summed E-state index contributed by atoms with van der Waals surface area (Å²) in [6, 6.07) is 5.79. The molecule has 0 unspecified atom stereocenters.